The molecular formula is C29H29N3O3. The molecular weight excluding hydrogens is 438 g/mol. The first-order chi connectivity index (χ1) is 17.1. The van der Waals surface area contributed by atoms with E-state index in [1.165, 1.54) is 31.9 Å². The predicted molar refractivity (Wildman–Crippen MR) is 139 cm³/mol. The lowest BCUT2D eigenvalue weighted by Gasteiger charge is -2.26. The Morgan fingerprint density at radius 1 is 0.943 bits per heavy atom. The second-order valence-corrected chi connectivity index (χ2v) is 8.98. The van der Waals surface area contributed by atoms with E-state index in [1.807, 2.05) is 30.3 Å². The first-order valence-corrected chi connectivity index (χ1v) is 12.0. The molecule has 1 fully saturated rings. The third-order valence-electron chi connectivity index (χ3n) is 6.58. The Labute approximate surface area is 205 Å². The molecule has 6 heteroatoms. The van der Waals surface area contributed by atoms with Crippen molar-refractivity contribution >= 4 is 34.5 Å². The fourth-order valence-corrected chi connectivity index (χ4v) is 4.76. The summed E-state index contributed by atoms with van der Waals surface area (Å²) in [5.74, 6) is -0.652. The Balaban J connectivity index is 1.48. The van der Waals surface area contributed by atoms with Crippen molar-refractivity contribution in [3.63, 3.8) is 0 Å². The van der Waals surface area contributed by atoms with Crippen molar-refractivity contribution in [2.75, 3.05) is 30.8 Å². The normalized spacial score (nSPS) is 16.9. The van der Waals surface area contributed by atoms with E-state index in [1.54, 1.807) is 18.2 Å². The molecule has 2 aliphatic rings. The number of likely N-dealkylation sites (tertiary alicyclic amines) is 1. The number of benzene rings is 3. The van der Waals surface area contributed by atoms with Gasteiger partial charge in [0, 0.05) is 17.8 Å². The molecule has 2 heterocycles. The number of carbonyl (C=O) groups is 2. The van der Waals surface area contributed by atoms with Gasteiger partial charge in [0.1, 0.15) is 0 Å². The molecule has 2 aliphatic heterocycles. The van der Waals surface area contributed by atoms with Gasteiger partial charge in [-0.1, -0.05) is 55.0 Å². The maximum absolute atomic E-state index is 13.1. The van der Waals surface area contributed by atoms with Crippen molar-refractivity contribution in [2.45, 2.75) is 25.8 Å². The molecule has 6 nitrogen and oxygen atoms in total. The molecule has 1 amide bonds. The smallest absolute Gasteiger partial charge is 0.337 e. The molecule has 2 N–H and O–H groups in total. The number of anilines is 2. The average Bonchev–Trinajstić information content (AvgIpc) is 3.23. The molecule has 0 bridgehead atoms. The van der Waals surface area contributed by atoms with Crippen LogP contribution in [0.5, 0.6) is 0 Å². The molecule has 3 aromatic rings. The maximum atomic E-state index is 13.1. The van der Waals surface area contributed by atoms with E-state index in [9.17, 15) is 9.59 Å². The molecule has 0 aromatic heterocycles. The third-order valence-corrected chi connectivity index (χ3v) is 6.58. The highest BCUT2D eigenvalue weighted by Crippen LogP contribution is 2.38. The number of carbonyl (C=O) groups excluding carboxylic acids is 2. The highest BCUT2D eigenvalue weighted by atomic mass is 16.5. The van der Waals surface area contributed by atoms with Crippen LogP contribution in [-0.2, 0) is 16.1 Å². The zero-order chi connectivity index (χ0) is 24.2. The lowest BCUT2D eigenvalue weighted by molar-refractivity contribution is -0.110. The van der Waals surface area contributed by atoms with Crippen molar-refractivity contribution in [2.24, 2.45) is 0 Å². The monoisotopic (exact) mass is 467 g/mol. The highest BCUT2D eigenvalue weighted by molar-refractivity contribution is 6.37. The molecule has 0 spiro atoms. The van der Waals surface area contributed by atoms with Crippen LogP contribution in [0, 0.1) is 0 Å². The Kier molecular flexibility index (Phi) is 6.64. The number of nitrogens with zero attached hydrogens (tertiary/aromatic N) is 1. The van der Waals surface area contributed by atoms with Crippen LogP contribution in [0.1, 0.15) is 46.3 Å². The summed E-state index contributed by atoms with van der Waals surface area (Å²) in [6, 6.07) is 23.4. The van der Waals surface area contributed by atoms with Crippen LogP contribution in [0.25, 0.3) is 11.3 Å². The van der Waals surface area contributed by atoms with Gasteiger partial charge in [0.25, 0.3) is 5.91 Å². The van der Waals surface area contributed by atoms with Crippen molar-refractivity contribution in [1.29, 1.82) is 0 Å². The van der Waals surface area contributed by atoms with Gasteiger partial charge in [-0.3, -0.25) is 9.69 Å². The number of rotatable bonds is 6. The lowest BCUT2D eigenvalue weighted by atomic mass is 9.99. The van der Waals surface area contributed by atoms with Gasteiger partial charge >= 0.3 is 5.97 Å². The molecule has 0 unspecified atom stereocenters. The molecule has 178 valence electrons. The average molecular weight is 468 g/mol. The van der Waals surface area contributed by atoms with Crippen molar-refractivity contribution in [3.8, 4) is 0 Å². The Bertz CT molecular complexity index is 1260. The van der Waals surface area contributed by atoms with Gasteiger partial charge in [-0.05, 0) is 61.3 Å². The fraction of sp³-hybridized carbons (Fsp3) is 0.241. The van der Waals surface area contributed by atoms with Gasteiger partial charge in [-0.15, -0.1) is 0 Å². The topological polar surface area (TPSA) is 70.7 Å². The number of methoxy groups -OCH3 is 1. The molecule has 5 rings (SSSR count). The molecule has 35 heavy (non-hydrogen) atoms. The van der Waals surface area contributed by atoms with E-state index < -0.39 is 5.97 Å². The number of esters is 1. The summed E-state index contributed by atoms with van der Waals surface area (Å²) in [4.78, 5) is 27.6. The molecule has 1 saturated heterocycles. The predicted octanol–water partition coefficient (Wildman–Crippen LogP) is 5.39. The van der Waals surface area contributed by atoms with Crippen molar-refractivity contribution < 1.29 is 14.3 Å². The second-order valence-electron chi connectivity index (χ2n) is 8.98. The van der Waals surface area contributed by atoms with Crippen LogP contribution in [0.2, 0.25) is 0 Å². The second kappa shape index (κ2) is 10.2. The van der Waals surface area contributed by atoms with E-state index >= 15 is 0 Å². The quantitative estimate of drug-likeness (QED) is 0.376. The SMILES string of the molecule is COC(=O)c1ccc2c(c1)NC(=O)/C2=C(\Nc1ccc(CN2CCCCC2)cc1)c1ccccc1. The number of hydrogen-bond donors (Lipinski definition) is 2. The van der Waals surface area contributed by atoms with E-state index in [0.717, 1.165) is 42.1 Å². The number of nitrogens with one attached hydrogen (secondary N) is 2. The standard InChI is InChI=1S/C29H29N3O3/c1-35-29(34)22-12-15-24-25(18-22)31-28(33)26(24)27(21-8-4-2-5-9-21)30-23-13-10-20(11-14-23)19-32-16-6-3-7-17-32/h2,4-5,8-15,18,30H,3,6-7,16-17,19H2,1H3,(H,31,33)/b27-26-. The van der Waals surface area contributed by atoms with Crippen LogP contribution >= 0.6 is 0 Å². The maximum Gasteiger partial charge on any atom is 0.337 e. The minimum Gasteiger partial charge on any atom is -0.465 e. The van der Waals surface area contributed by atoms with Gasteiger partial charge in [-0.2, -0.15) is 0 Å². The van der Waals surface area contributed by atoms with Crippen molar-refractivity contribution in [3.05, 3.63) is 95.1 Å². The number of fused-ring (bicyclic) bond motifs is 1. The number of ether oxygens (including phenoxy) is 1. The lowest BCUT2D eigenvalue weighted by Crippen LogP contribution is -2.29. The summed E-state index contributed by atoms with van der Waals surface area (Å²) in [6.07, 6.45) is 3.88. The van der Waals surface area contributed by atoms with Crippen LogP contribution in [-0.4, -0.2) is 37.0 Å². The summed E-state index contributed by atoms with van der Waals surface area (Å²) in [5.41, 5.74) is 6.09. The van der Waals surface area contributed by atoms with Gasteiger partial charge in [0.15, 0.2) is 0 Å². The molecule has 0 aliphatic carbocycles. The minimum absolute atomic E-state index is 0.213. The van der Waals surface area contributed by atoms with Gasteiger partial charge in [0.05, 0.1) is 29.6 Å². The molecule has 0 atom stereocenters. The summed E-state index contributed by atoms with van der Waals surface area (Å²) in [7, 11) is 1.34. The summed E-state index contributed by atoms with van der Waals surface area (Å²) >= 11 is 0. The number of amides is 1. The first-order valence-electron chi connectivity index (χ1n) is 12.0. The van der Waals surface area contributed by atoms with Gasteiger partial charge in [-0.25, -0.2) is 4.79 Å². The minimum atomic E-state index is -0.439. The highest BCUT2D eigenvalue weighted by Gasteiger charge is 2.29. The summed E-state index contributed by atoms with van der Waals surface area (Å²) in [6.45, 7) is 3.29. The largest absolute Gasteiger partial charge is 0.465 e. The van der Waals surface area contributed by atoms with Gasteiger partial charge in [0.2, 0.25) is 0 Å². The van der Waals surface area contributed by atoms with Crippen LogP contribution in [0.4, 0.5) is 11.4 Å². The van der Waals surface area contributed by atoms with Crippen LogP contribution < -0.4 is 10.6 Å². The van der Waals surface area contributed by atoms with E-state index in [0.29, 0.717) is 16.8 Å². The number of piperidine rings is 1. The van der Waals surface area contributed by atoms with Crippen LogP contribution in [0.3, 0.4) is 0 Å². The molecule has 0 radical (unpaired) electrons. The molecule has 3 aromatic carbocycles. The fourth-order valence-electron chi connectivity index (χ4n) is 4.76. The van der Waals surface area contributed by atoms with Crippen LogP contribution in [0.15, 0.2) is 72.8 Å². The zero-order valence-electron chi connectivity index (χ0n) is 19.8. The van der Waals surface area contributed by atoms with E-state index in [4.69, 9.17) is 4.74 Å². The first kappa shape index (κ1) is 22.9. The Morgan fingerprint density at radius 3 is 2.40 bits per heavy atom. The Hall–Kier alpha value is -3.90. The van der Waals surface area contributed by atoms with Gasteiger partial charge < -0.3 is 15.4 Å². The molecule has 0 saturated carbocycles. The zero-order valence-corrected chi connectivity index (χ0v) is 19.8. The van der Waals surface area contributed by atoms with E-state index in [-0.39, 0.29) is 5.91 Å². The summed E-state index contributed by atoms with van der Waals surface area (Å²) in [5, 5.41) is 6.41. The third kappa shape index (κ3) is 4.98. The van der Waals surface area contributed by atoms with Crippen molar-refractivity contribution in [1.82, 2.24) is 4.90 Å². The summed E-state index contributed by atoms with van der Waals surface area (Å²) < 4.78 is 4.82. The number of hydrogen-bond acceptors (Lipinski definition) is 5. The Morgan fingerprint density at radius 2 is 1.69 bits per heavy atom. The van der Waals surface area contributed by atoms with E-state index in [2.05, 4.69) is 39.8 Å².